The summed E-state index contributed by atoms with van der Waals surface area (Å²) in [5.74, 6) is -0.469. The number of anilines is 1. The number of hydrazine groups is 1. The Kier molecular flexibility index (Phi) is 8.62. The number of aliphatic carboxylic acids is 1. The molecular formula is C27H34N6O6S. The Morgan fingerprint density at radius 1 is 1.15 bits per heavy atom. The molecule has 4 rings (SSSR count). The van der Waals surface area contributed by atoms with Gasteiger partial charge in [0.15, 0.2) is 5.13 Å². The minimum atomic E-state index is -1.15. The Hall–Kier alpha value is -4.13. The van der Waals surface area contributed by atoms with Crippen molar-refractivity contribution in [1.82, 2.24) is 25.3 Å². The molecule has 0 spiro atoms. The van der Waals surface area contributed by atoms with Crippen LogP contribution in [0.15, 0.2) is 29.6 Å². The van der Waals surface area contributed by atoms with E-state index in [0.717, 1.165) is 10.1 Å². The van der Waals surface area contributed by atoms with Gasteiger partial charge in [-0.3, -0.25) is 10.2 Å². The normalized spacial score (nSPS) is 16.9. The fourth-order valence-electron chi connectivity index (χ4n) is 4.45. The van der Waals surface area contributed by atoms with E-state index in [4.69, 9.17) is 14.5 Å². The third-order valence-electron chi connectivity index (χ3n) is 6.25. The number of hydrogen-bond acceptors (Lipinski definition) is 9. The summed E-state index contributed by atoms with van der Waals surface area (Å²) in [7, 11) is 1.57. The van der Waals surface area contributed by atoms with E-state index in [1.807, 2.05) is 25.3 Å². The molecule has 3 aromatic rings. The molecule has 13 heteroatoms. The van der Waals surface area contributed by atoms with Crippen LogP contribution < -0.4 is 20.2 Å². The van der Waals surface area contributed by atoms with Crippen LogP contribution in [0.25, 0.3) is 22.3 Å². The van der Waals surface area contributed by atoms with Gasteiger partial charge in [-0.2, -0.15) is 0 Å². The van der Waals surface area contributed by atoms with Gasteiger partial charge in [0.1, 0.15) is 29.3 Å². The quantitative estimate of drug-likeness (QED) is 0.342. The van der Waals surface area contributed by atoms with Crippen molar-refractivity contribution in [3.05, 3.63) is 29.6 Å². The van der Waals surface area contributed by atoms with Crippen LogP contribution in [0.5, 0.6) is 11.5 Å². The van der Waals surface area contributed by atoms with Crippen LogP contribution in [0.4, 0.5) is 9.93 Å². The maximum atomic E-state index is 13.3. The van der Waals surface area contributed by atoms with E-state index in [9.17, 15) is 19.5 Å². The number of pyridine rings is 1. The number of aromatic nitrogens is 2. The zero-order valence-corrected chi connectivity index (χ0v) is 24.1. The Morgan fingerprint density at radius 3 is 2.52 bits per heavy atom. The van der Waals surface area contributed by atoms with E-state index in [-0.39, 0.29) is 25.0 Å². The van der Waals surface area contributed by atoms with Crippen molar-refractivity contribution < 1.29 is 29.0 Å². The molecule has 214 valence electrons. The average molecular weight is 571 g/mol. The molecule has 1 aliphatic rings. The number of methoxy groups -OCH3 is 1. The monoisotopic (exact) mass is 570 g/mol. The summed E-state index contributed by atoms with van der Waals surface area (Å²) in [5, 5.41) is 17.7. The third-order valence-corrected chi connectivity index (χ3v) is 7.02. The first-order chi connectivity index (χ1) is 19.0. The van der Waals surface area contributed by atoms with Crippen LogP contribution in [0.3, 0.4) is 0 Å². The summed E-state index contributed by atoms with van der Waals surface area (Å²) in [6.07, 6.45) is -0.549. The van der Waals surface area contributed by atoms with Crippen LogP contribution in [0.2, 0.25) is 0 Å². The first kappa shape index (κ1) is 28.9. The minimum absolute atomic E-state index is 0.0209. The first-order valence-corrected chi connectivity index (χ1v) is 13.8. The smallest absolute Gasteiger partial charge is 0.339 e. The lowest BCUT2D eigenvalue weighted by Crippen LogP contribution is -2.56. The standard InChI is InChI=1S/C27H34N6O6S/c1-14(2)28-26-30-22(13-40-26)21-11-24(19-8-7-17(38-6)9-20(19)29-21)39-18-10-23(25(35)36)32(12-18)27(37)33(15(3)4)31-16(5)34/h7-9,11,13-15,18,23H,10,12H2,1-6H3,(H,28,30)(H,31,34)(H,35,36)/t18-,23+/m1/s1. The number of carbonyl (C=O) groups is 3. The minimum Gasteiger partial charge on any atom is -0.497 e. The van der Waals surface area contributed by atoms with Gasteiger partial charge in [-0.05, 0) is 39.8 Å². The van der Waals surface area contributed by atoms with Crippen molar-refractivity contribution >= 4 is 45.3 Å². The lowest BCUT2D eigenvalue weighted by molar-refractivity contribution is -0.141. The van der Waals surface area contributed by atoms with Gasteiger partial charge in [0.25, 0.3) is 0 Å². The van der Waals surface area contributed by atoms with Gasteiger partial charge in [-0.1, -0.05) is 0 Å². The van der Waals surface area contributed by atoms with Gasteiger partial charge in [0, 0.05) is 48.3 Å². The molecule has 12 nitrogen and oxygen atoms in total. The zero-order chi connectivity index (χ0) is 29.1. The summed E-state index contributed by atoms with van der Waals surface area (Å²) >= 11 is 1.47. The predicted molar refractivity (Wildman–Crippen MR) is 152 cm³/mol. The van der Waals surface area contributed by atoms with E-state index in [1.165, 1.54) is 23.2 Å². The van der Waals surface area contributed by atoms with Crippen LogP contribution in [-0.4, -0.2) is 80.8 Å². The second kappa shape index (κ2) is 11.9. The SMILES string of the molecule is COc1ccc2c(O[C@@H]3C[C@@H](C(=O)O)N(C(=O)N(NC(C)=O)C(C)C)C3)cc(-c3csc(NC(C)C)n3)nc2c1. The number of carboxylic acid groups (broad SMARTS) is 1. The molecule has 40 heavy (non-hydrogen) atoms. The number of carbonyl (C=O) groups excluding carboxylic acids is 2. The Morgan fingerprint density at radius 2 is 1.90 bits per heavy atom. The Balaban J connectivity index is 1.67. The lowest BCUT2D eigenvalue weighted by atomic mass is 10.1. The lowest BCUT2D eigenvalue weighted by Gasteiger charge is -2.32. The number of nitrogens with one attached hydrogen (secondary N) is 2. The fourth-order valence-corrected chi connectivity index (χ4v) is 5.30. The number of urea groups is 1. The van der Waals surface area contributed by atoms with E-state index >= 15 is 0 Å². The number of rotatable bonds is 8. The molecule has 1 aromatic carbocycles. The Labute approximate surface area is 236 Å². The van der Waals surface area contributed by atoms with Gasteiger partial charge in [0.2, 0.25) is 5.91 Å². The molecule has 3 N–H and O–H groups in total. The highest BCUT2D eigenvalue weighted by atomic mass is 32.1. The molecule has 0 unspecified atom stereocenters. The fraction of sp³-hybridized carbons (Fsp3) is 0.444. The highest BCUT2D eigenvalue weighted by Crippen LogP contribution is 2.35. The summed E-state index contributed by atoms with van der Waals surface area (Å²) in [5.41, 5.74) is 4.36. The van der Waals surface area contributed by atoms with E-state index < -0.39 is 30.1 Å². The summed E-state index contributed by atoms with van der Waals surface area (Å²) in [6.45, 7) is 8.83. The molecule has 2 atom stereocenters. The largest absolute Gasteiger partial charge is 0.497 e. The van der Waals surface area contributed by atoms with Gasteiger partial charge in [0.05, 0.1) is 24.9 Å². The number of ether oxygens (including phenoxy) is 2. The van der Waals surface area contributed by atoms with E-state index in [2.05, 4.69) is 15.7 Å². The van der Waals surface area contributed by atoms with Crippen molar-refractivity contribution in [3.63, 3.8) is 0 Å². The molecule has 0 saturated carbocycles. The maximum Gasteiger partial charge on any atom is 0.339 e. The van der Waals surface area contributed by atoms with Crippen molar-refractivity contribution in [2.45, 2.75) is 65.3 Å². The second-order valence-corrected chi connectivity index (χ2v) is 11.0. The molecule has 3 amide bonds. The number of fused-ring (bicyclic) bond motifs is 1. The van der Waals surface area contributed by atoms with Crippen LogP contribution in [0.1, 0.15) is 41.0 Å². The number of amides is 3. The number of nitrogens with zero attached hydrogens (tertiary/aromatic N) is 4. The van der Waals surface area contributed by atoms with Crippen molar-refractivity contribution in [2.24, 2.45) is 0 Å². The van der Waals surface area contributed by atoms with Crippen molar-refractivity contribution in [2.75, 3.05) is 19.0 Å². The molecule has 0 radical (unpaired) electrons. The first-order valence-electron chi connectivity index (χ1n) is 12.9. The van der Waals surface area contributed by atoms with Gasteiger partial charge >= 0.3 is 12.0 Å². The summed E-state index contributed by atoms with van der Waals surface area (Å²) in [6, 6.07) is 5.30. The molecule has 3 heterocycles. The van der Waals surface area contributed by atoms with Gasteiger partial charge < -0.3 is 24.8 Å². The van der Waals surface area contributed by atoms with Crippen molar-refractivity contribution in [3.8, 4) is 22.9 Å². The van der Waals surface area contributed by atoms with Gasteiger partial charge in [-0.15, -0.1) is 11.3 Å². The van der Waals surface area contributed by atoms with Crippen molar-refractivity contribution in [1.29, 1.82) is 0 Å². The molecular weight excluding hydrogens is 536 g/mol. The highest BCUT2D eigenvalue weighted by molar-refractivity contribution is 7.14. The van der Waals surface area contributed by atoms with Crippen LogP contribution in [-0.2, 0) is 9.59 Å². The number of benzene rings is 1. The maximum absolute atomic E-state index is 13.3. The molecule has 1 aliphatic heterocycles. The second-order valence-electron chi connectivity index (χ2n) is 10.1. The molecule has 1 saturated heterocycles. The predicted octanol–water partition coefficient (Wildman–Crippen LogP) is 3.98. The number of likely N-dealkylation sites (tertiary alicyclic amines) is 1. The van der Waals surface area contributed by atoms with Crippen LogP contribution in [0, 0.1) is 0 Å². The highest BCUT2D eigenvalue weighted by Gasteiger charge is 2.43. The van der Waals surface area contributed by atoms with E-state index in [0.29, 0.717) is 33.8 Å². The Bertz CT molecular complexity index is 1410. The average Bonchev–Trinajstić information content (AvgIpc) is 3.53. The summed E-state index contributed by atoms with van der Waals surface area (Å²) in [4.78, 5) is 47.8. The number of carboxylic acids is 1. The molecule has 1 fully saturated rings. The summed E-state index contributed by atoms with van der Waals surface area (Å²) < 4.78 is 11.8. The zero-order valence-electron chi connectivity index (χ0n) is 23.3. The molecule has 0 bridgehead atoms. The van der Waals surface area contributed by atoms with Gasteiger partial charge in [-0.25, -0.2) is 24.6 Å². The molecule has 2 aromatic heterocycles. The van der Waals surface area contributed by atoms with Crippen LogP contribution >= 0.6 is 11.3 Å². The third kappa shape index (κ3) is 6.36. The van der Waals surface area contributed by atoms with E-state index in [1.54, 1.807) is 39.2 Å². The number of thiazole rings is 1. The number of hydrogen-bond donors (Lipinski definition) is 3. The molecule has 0 aliphatic carbocycles. The topological polar surface area (TPSA) is 146 Å².